The van der Waals surface area contributed by atoms with Crippen LogP contribution in [-0.2, 0) is 16.1 Å². The molecule has 186 valence electrons. The molecular formula is C27H25FN2O6. The van der Waals surface area contributed by atoms with Crippen molar-refractivity contribution in [1.29, 1.82) is 0 Å². The molecule has 1 aromatic heterocycles. The fourth-order valence-electron chi connectivity index (χ4n) is 4.28. The van der Waals surface area contributed by atoms with E-state index in [1.165, 1.54) is 44.4 Å². The molecule has 1 aliphatic heterocycles. The Morgan fingerprint density at radius 1 is 1.00 bits per heavy atom. The van der Waals surface area contributed by atoms with E-state index >= 15 is 0 Å². The Balaban J connectivity index is 1.96. The number of nitrogens with zero attached hydrogens (tertiary/aromatic N) is 2. The van der Waals surface area contributed by atoms with Crippen molar-refractivity contribution in [3.63, 3.8) is 0 Å². The van der Waals surface area contributed by atoms with Gasteiger partial charge in [0.15, 0.2) is 11.5 Å². The molecule has 1 atom stereocenters. The number of carbonyl (C=O) groups excluding carboxylic acids is 2. The van der Waals surface area contributed by atoms with Crippen molar-refractivity contribution < 1.29 is 33.3 Å². The fraction of sp³-hybridized carbons (Fsp3) is 0.222. The van der Waals surface area contributed by atoms with Crippen LogP contribution in [-0.4, -0.2) is 48.0 Å². The van der Waals surface area contributed by atoms with Gasteiger partial charge in [-0.3, -0.25) is 14.6 Å². The number of likely N-dealkylation sites (tertiary alicyclic amines) is 1. The van der Waals surface area contributed by atoms with Crippen LogP contribution in [0, 0.1) is 12.7 Å². The maximum absolute atomic E-state index is 13.9. The predicted molar refractivity (Wildman–Crippen MR) is 129 cm³/mol. The predicted octanol–water partition coefficient (Wildman–Crippen LogP) is 4.18. The Morgan fingerprint density at radius 2 is 1.64 bits per heavy atom. The van der Waals surface area contributed by atoms with Crippen LogP contribution in [0.5, 0.6) is 17.2 Å². The summed E-state index contributed by atoms with van der Waals surface area (Å²) in [4.78, 5) is 31.9. The summed E-state index contributed by atoms with van der Waals surface area (Å²) >= 11 is 0. The van der Waals surface area contributed by atoms with Gasteiger partial charge in [0.25, 0.3) is 11.7 Å². The van der Waals surface area contributed by atoms with Crippen LogP contribution in [0.3, 0.4) is 0 Å². The quantitative estimate of drug-likeness (QED) is 0.300. The van der Waals surface area contributed by atoms with Crippen LogP contribution in [0.1, 0.15) is 28.3 Å². The van der Waals surface area contributed by atoms with Gasteiger partial charge in [-0.15, -0.1) is 0 Å². The highest BCUT2D eigenvalue weighted by Crippen LogP contribution is 2.46. The molecule has 3 aromatic rings. The molecule has 1 saturated heterocycles. The zero-order valence-corrected chi connectivity index (χ0v) is 20.2. The molecule has 1 unspecified atom stereocenters. The molecule has 2 aromatic carbocycles. The minimum absolute atomic E-state index is 0.0770. The third-order valence-corrected chi connectivity index (χ3v) is 6.08. The van der Waals surface area contributed by atoms with E-state index in [2.05, 4.69) is 4.98 Å². The van der Waals surface area contributed by atoms with Crippen molar-refractivity contribution in [1.82, 2.24) is 9.88 Å². The van der Waals surface area contributed by atoms with Gasteiger partial charge in [0.2, 0.25) is 5.75 Å². The minimum Gasteiger partial charge on any atom is -0.507 e. The molecule has 2 heterocycles. The molecule has 8 nitrogen and oxygen atoms in total. The van der Waals surface area contributed by atoms with Crippen LogP contribution in [0.25, 0.3) is 5.76 Å². The number of ether oxygens (including phenoxy) is 3. The number of carbonyl (C=O) groups is 2. The molecule has 0 saturated carbocycles. The van der Waals surface area contributed by atoms with Crippen molar-refractivity contribution >= 4 is 17.4 Å². The molecule has 1 amide bonds. The second-order valence-electron chi connectivity index (χ2n) is 8.21. The van der Waals surface area contributed by atoms with Gasteiger partial charge in [0.1, 0.15) is 11.6 Å². The molecular weight excluding hydrogens is 467 g/mol. The number of hydrogen-bond acceptors (Lipinski definition) is 7. The largest absolute Gasteiger partial charge is 0.507 e. The number of amides is 1. The highest BCUT2D eigenvalue weighted by atomic mass is 19.1. The van der Waals surface area contributed by atoms with Gasteiger partial charge in [-0.2, -0.15) is 0 Å². The number of aryl methyl sites for hydroxylation is 1. The van der Waals surface area contributed by atoms with E-state index in [4.69, 9.17) is 14.2 Å². The average Bonchev–Trinajstić information content (AvgIpc) is 3.14. The van der Waals surface area contributed by atoms with Crippen LogP contribution in [0.2, 0.25) is 0 Å². The topological polar surface area (TPSA) is 98.2 Å². The summed E-state index contributed by atoms with van der Waals surface area (Å²) in [5, 5.41) is 11.3. The van der Waals surface area contributed by atoms with Crippen LogP contribution >= 0.6 is 0 Å². The number of aliphatic hydroxyl groups excluding tert-OH is 1. The van der Waals surface area contributed by atoms with E-state index in [9.17, 15) is 19.1 Å². The van der Waals surface area contributed by atoms with E-state index in [0.29, 0.717) is 22.8 Å². The third kappa shape index (κ3) is 4.35. The Kier molecular flexibility index (Phi) is 6.91. The van der Waals surface area contributed by atoms with Crippen LogP contribution in [0.15, 0.2) is 60.4 Å². The molecule has 36 heavy (non-hydrogen) atoms. The number of hydrogen-bond donors (Lipinski definition) is 1. The lowest BCUT2D eigenvalue weighted by Gasteiger charge is -2.26. The summed E-state index contributed by atoms with van der Waals surface area (Å²) in [7, 11) is 4.37. The van der Waals surface area contributed by atoms with Gasteiger partial charge in [0.05, 0.1) is 32.9 Å². The Hall–Kier alpha value is -4.40. The van der Waals surface area contributed by atoms with Gasteiger partial charge in [0, 0.05) is 24.5 Å². The van der Waals surface area contributed by atoms with Crippen molar-refractivity contribution in [2.45, 2.75) is 19.5 Å². The van der Waals surface area contributed by atoms with Gasteiger partial charge in [-0.25, -0.2) is 4.39 Å². The van der Waals surface area contributed by atoms with E-state index in [-0.39, 0.29) is 23.2 Å². The number of methoxy groups -OCH3 is 3. The third-order valence-electron chi connectivity index (χ3n) is 6.08. The molecule has 0 spiro atoms. The maximum Gasteiger partial charge on any atom is 0.295 e. The molecule has 0 bridgehead atoms. The normalized spacial score (nSPS) is 16.8. The van der Waals surface area contributed by atoms with E-state index < -0.39 is 29.3 Å². The number of pyridine rings is 1. The monoisotopic (exact) mass is 492 g/mol. The van der Waals surface area contributed by atoms with E-state index in [1.54, 1.807) is 43.6 Å². The first-order valence-electron chi connectivity index (χ1n) is 11.0. The highest BCUT2D eigenvalue weighted by Gasteiger charge is 2.46. The summed E-state index contributed by atoms with van der Waals surface area (Å²) in [6, 6.07) is 9.71. The summed E-state index contributed by atoms with van der Waals surface area (Å²) in [6.07, 6.45) is 3.17. The second kappa shape index (κ2) is 10.1. The Labute approximate surface area is 207 Å². The first kappa shape index (κ1) is 24.7. The highest BCUT2D eigenvalue weighted by molar-refractivity contribution is 6.46. The molecule has 1 N–H and O–H groups in total. The zero-order chi connectivity index (χ0) is 26.0. The molecule has 9 heteroatoms. The maximum atomic E-state index is 13.9. The molecule has 1 fully saturated rings. The SMILES string of the molecule is COc1cc(C2/C(=C(\O)c3ccc(F)c(C)c3)C(=O)C(=O)N2Cc2ccncc2)cc(OC)c1OC. The van der Waals surface area contributed by atoms with Gasteiger partial charge in [-0.1, -0.05) is 0 Å². The van der Waals surface area contributed by atoms with Crippen LogP contribution in [0.4, 0.5) is 4.39 Å². The lowest BCUT2D eigenvalue weighted by atomic mass is 9.94. The zero-order valence-electron chi connectivity index (χ0n) is 20.2. The van der Waals surface area contributed by atoms with Crippen molar-refractivity contribution in [3.8, 4) is 17.2 Å². The molecule has 1 aliphatic rings. The molecule has 0 aliphatic carbocycles. The Bertz CT molecular complexity index is 1330. The molecule has 0 radical (unpaired) electrons. The number of halogens is 1. The molecule has 4 rings (SSSR count). The van der Waals surface area contributed by atoms with Gasteiger partial charge < -0.3 is 24.2 Å². The lowest BCUT2D eigenvalue weighted by molar-refractivity contribution is -0.140. The smallest absolute Gasteiger partial charge is 0.295 e. The average molecular weight is 493 g/mol. The minimum atomic E-state index is -0.989. The summed E-state index contributed by atoms with van der Waals surface area (Å²) in [5.41, 5.74) is 1.57. The van der Waals surface area contributed by atoms with Crippen molar-refractivity contribution in [2.24, 2.45) is 0 Å². The van der Waals surface area contributed by atoms with Crippen LogP contribution < -0.4 is 14.2 Å². The fourth-order valence-corrected chi connectivity index (χ4v) is 4.28. The number of benzene rings is 2. The second-order valence-corrected chi connectivity index (χ2v) is 8.21. The van der Waals surface area contributed by atoms with Gasteiger partial charge >= 0.3 is 0 Å². The van der Waals surface area contributed by atoms with Gasteiger partial charge in [-0.05, 0) is 66.1 Å². The standard InChI is InChI=1S/C27H25FN2O6/c1-15-11-17(5-6-19(15)28)24(31)22-23(18-12-20(34-2)26(36-4)21(13-18)35-3)30(27(33)25(22)32)14-16-7-9-29-10-8-16/h5-13,23,31H,14H2,1-4H3/b24-22+. The van der Waals surface area contributed by atoms with E-state index in [0.717, 1.165) is 5.56 Å². The van der Waals surface area contributed by atoms with E-state index in [1.807, 2.05) is 0 Å². The number of rotatable bonds is 7. The summed E-state index contributed by atoms with van der Waals surface area (Å²) < 4.78 is 30.2. The van der Waals surface area contributed by atoms with Crippen molar-refractivity contribution in [3.05, 3.63) is 88.5 Å². The number of aromatic nitrogens is 1. The first-order chi connectivity index (χ1) is 17.3. The number of aliphatic hydroxyl groups is 1. The number of Topliss-reactive ketones (excluding diaryl/α,β-unsaturated/α-hetero) is 1. The summed E-state index contributed by atoms with van der Waals surface area (Å²) in [6.45, 7) is 1.62. The Morgan fingerprint density at radius 3 is 2.19 bits per heavy atom. The first-order valence-corrected chi connectivity index (χ1v) is 11.0. The summed E-state index contributed by atoms with van der Waals surface area (Å²) in [5.74, 6) is -1.53. The number of ketones is 1. The van der Waals surface area contributed by atoms with Crippen molar-refractivity contribution in [2.75, 3.05) is 21.3 Å². The lowest BCUT2D eigenvalue weighted by Crippen LogP contribution is -2.29.